The van der Waals surface area contributed by atoms with Gasteiger partial charge in [-0.15, -0.1) is 0 Å². The molecule has 104 valence electrons. The maximum atomic E-state index is 6.02. The van der Waals surface area contributed by atoms with Crippen LogP contribution in [0, 0.1) is 0 Å². The summed E-state index contributed by atoms with van der Waals surface area (Å²) in [5.74, 6) is 2.24. The Morgan fingerprint density at radius 3 is 2.79 bits per heavy atom. The van der Waals surface area contributed by atoms with Crippen LogP contribution in [0.25, 0.3) is 0 Å². The fourth-order valence-corrected chi connectivity index (χ4v) is 1.96. The molecule has 0 saturated carbocycles. The third kappa shape index (κ3) is 3.64. The van der Waals surface area contributed by atoms with Crippen LogP contribution in [0.1, 0.15) is 18.9 Å². The molecule has 2 rings (SSSR count). The number of rotatable bonds is 6. The van der Waals surface area contributed by atoms with E-state index in [1.165, 1.54) is 0 Å². The van der Waals surface area contributed by atoms with Gasteiger partial charge in [-0.25, -0.2) is 0 Å². The first kappa shape index (κ1) is 14.2. The van der Waals surface area contributed by atoms with Gasteiger partial charge in [0.05, 0.1) is 0 Å². The van der Waals surface area contributed by atoms with Crippen LogP contribution in [0.5, 0.6) is 17.2 Å². The number of hydrogen-bond acceptors (Lipinski definition) is 4. The summed E-state index contributed by atoms with van der Waals surface area (Å²) in [6.45, 7) is 6.49. The van der Waals surface area contributed by atoms with E-state index in [1.807, 2.05) is 12.1 Å². The molecule has 1 atom stereocenters. The lowest BCUT2D eigenvalue weighted by Gasteiger charge is -2.15. The maximum absolute atomic E-state index is 6.02. The van der Waals surface area contributed by atoms with E-state index in [2.05, 4.69) is 29.4 Å². The van der Waals surface area contributed by atoms with Gasteiger partial charge in [-0.2, -0.15) is 0 Å². The Bertz CT molecular complexity index is 476. The SMILES string of the molecule is C=C(Br)COc1cc2c(cc1CC(N)CC)OCO2. The summed E-state index contributed by atoms with van der Waals surface area (Å²) in [5, 5.41) is 0. The number of nitrogens with two attached hydrogens (primary N) is 1. The lowest BCUT2D eigenvalue weighted by atomic mass is 10.0. The van der Waals surface area contributed by atoms with Crippen LogP contribution in [0.3, 0.4) is 0 Å². The molecule has 1 heterocycles. The van der Waals surface area contributed by atoms with Crippen molar-refractivity contribution in [2.45, 2.75) is 25.8 Å². The van der Waals surface area contributed by atoms with Crippen molar-refractivity contribution in [2.24, 2.45) is 5.73 Å². The van der Waals surface area contributed by atoms with Crippen molar-refractivity contribution in [1.82, 2.24) is 0 Å². The fourth-order valence-electron chi connectivity index (χ4n) is 1.84. The zero-order chi connectivity index (χ0) is 13.8. The first-order valence-corrected chi connectivity index (χ1v) is 7.03. The van der Waals surface area contributed by atoms with Crippen molar-refractivity contribution in [3.63, 3.8) is 0 Å². The average Bonchev–Trinajstić information content (AvgIpc) is 2.82. The van der Waals surface area contributed by atoms with Crippen LogP contribution in [0.15, 0.2) is 23.2 Å². The van der Waals surface area contributed by atoms with E-state index in [-0.39, 0.29) is 12.8 Å². The number of hydrogen-bond donors (Lipinski definition) is 1. The Balaban J connectivity index is 2.24. The van der Waals surface area contributed by atoms with E-state index in [1.54, 1.807) is 0 Å². The smallest absolute Gasteiger partial charge is 0.231 e. The molecule has 1 aliphatic rings. The highest BCUT2D eigenvalue weighted by molar-refractivity contribution is 9.11. The molecule has 1 aromatic carbocycles. The van der Waals surface area contributed by atoms with Crippen LogP contribution in [0.2, 0.25) is 0 Å². The quantitative estimate of drug-likeness (QED) is 0.872. The summed E-state index contributed by atoms with van der Waals surface area (Å²) < 4.78 is 17.3. The molecule has 0 spiro atoms. The minimum absolute atomic E-state index is 0.106. The van der Waals surface area contributed by atoms with Gasteiger partial charge in [0.2, 0.25) is 6.79 Å². The minimum atomic E-state index is 0.106. The van der Waals surface area contributed by atoms with Gasteiger partial charge < -0.3 is 19.9 Å². The van der Waals surface area contributed by atoms with E-state index in [0.717, 1.165) is 34.4 Å². The number of fused-ring (bicyclic) bond motifs is 1. The molecular formula is C14H18BrNO3. The molecule has 1 aliphatic heterocycles. The third-order valence-corrected chi connectivity index (χ3v) is 3.18. The van der Waals surface area contributed by atoms with Gasteiger partial charge in [-0.05, 0) is 24.5 Å². The minimum Gasteiger partial charge on any atom is -0.488 e. The van der Waals surface area contributed by atoms with Gasteiger partial charge in [-0.3, -0.25) is 0 Å². The largest absolute Gasteiger partial charge is 0.488 e. The highest BCUT2D eigenvalue weighted by atomic mass is 79.9. The van der Waals surface area contributed by atoms with Crippen LogP contribution < -0.4 is 19.9 Å². The van der Waals surface area contributed by atoms with Gasteiger partial charge in [0.15, 0.2) is 11.5 Å². The first-order valence-electron chi connectivity index (χ1n) is 6.24. The van der Waals surface area contributed by atoms with Gasteiger partial charge in [-0.1, -0.05) is 29.4 Å². The Kier molecular flexibility index (Phi) is 4.71. The molecule has 0 amide bonds. The van der Waals surface area contributed by atoms with Gasteiger partial charge >= 0.3 is 0 Å². The summed E-state index contributed by atoms with van der Waals surface area (Å²) >= 11 is 3.28. The molecule has 5 heteroatoms. The lowest BCUT2D eigenvalue weighted by Crippen LogP contribution is -2.21. The number of ether oxygens (including phenoxy) is 3. The predicted molar refractivity (Wildman–Crippen MR) is 78.1 cm³/mol. The predicted octanol–water partition coefficient (Wildman–Crippen LogP) is 2.98. The molecule has 0 aromatic heterocycles. The normalized spacial score (nSPS) is 14.3. The molecular weight excluding hydrogens is 310 g/mol. The second-order valence-electron chi connectivity index (χ2n) is 4.49. The lowest BCUT2D eigenvalue weighted by molar-refractivity contribution is 0.174. The fraction of sp³-hybridized carbons (Fsp3) is 0.429. The summed E-state index contributed by atoms with van der Waals surface area (Å²) in [5.41, 5.74) is 7.06. The van der Waals surface area contributed by atoms with Crippen LogP contribution in [-0.4, -0.2) is 19.4 Å². The van der Waals surface area contributed by atoms with Gasteiger partial charge in [0, 0.05) is 16.6 Å². The summed E-state index contributed by atoms with van der Waals surface area (Å²) in [6, 6.07) is 3.91. The molecule has 4 nitrogen and oxygen atoms in total. The molecule has 0 bridgehead atoms. The van der Waals surface area contributed by atoms with Crippen LogP contribution >= 0.6 is 15.9 Å². The zero-order valence-corrected chi connectivity index (χ0v) is 12.5. The number of benzene rings is 1. The summed E-state index contributed by atoms with van der Waals surface area (Å²) in [7, 11) is 0. The number of halogens is 1. The molecule has 19 heavy (non-hydrogen) atoms. The van der Waals surface area contributed by atoms with E-state index in [4.69, 9.17) is 19.9 Å². The Hall–Kier alpha value is -1.20. The Morgan fingerprint density at radius 2 is 2.16 bits per heavy atom. The van der Waals surface area contributed by atoms with E-state index in [0.29, 0.717) is 12.4 Å². The van der Waals surface area contributed by atoms with E-state index in [9.17, 15) is 0 Å². The maximum Gasteiger partial charge on any atom is 0.231 e. The summed E-state index contributed by atoms with van der Waals surface area (Å²) in [6.07, 6.45) is 1.66. The van der Waals surface area contributed by atoms with Crippen molar-refractivity contribution < 1.29 is 14.2 Å². The van der Waals surface area contributed by atoms with Crippen molar-refractivity contribution >= 4 is 15.9 Å². The zero-order valence-electron chi connectivity index (χ0n) is 10.9. The molecule has 0 aliphatic carbocycles. The van der Waals surface area contributed by atoms with Gasteiger partial charge in [0.25, 0.3) is 0 Å². The van der Waals surface area contributed by atoms with Crippen molar-refractivity contribution in [3.8, 4) is 17.2 Å². The molecule has 0 saturated heterocycles. The topological polar surface area (TPSA) is 53.7 Å². The highest BCUT2D eigenvalue weighted by Gasteiger charge is 2.19. The molecule has 1 unspecified atom stereocenters. The van der Waals surface area contributed by atoms with Crippen molar-refractivity contribution in [1.29, 1.82) is 0 Å². The third-order valence-electron chi connectivity index (χ3n) is 2.95. The molecule has 0 fully saturated rings. The first-order chi connectivity index (χ1) is 9.10. The second kappa shape index (κ2) is 6.30. The Morgan fingerprint density at radius 1 is 1.47 bits per heavy atom. The van der Waals surface area contributed by atoms with Gasteiger partial charge in [0.1, 0.15) is 12.4 Å². The second-order valence-corrected chi connectivity index (χ2v) is 5.61. The standard InChI is InChI=1S/C14H18BrNO3/c1-3-11(16)4-10-5-13-14(19-8-18-13)6-12(10)17-7-9(2)15/h5-6,11H,2-4,7-8,16H2,1H3. The van der Waals surface area contributed by atoms with E-state index < -0.39 is 0 Å². The highest BCUT2D eigenvalue weighted by Crippen LogP contribution is 2.38. The van der Waals surface area contributed by atoms with Crippen molar-refractivity contribution in [2.75, 3.05) is 13.4 Å². The molecule has 2 N–H and O–H groups in total. The van der Waals surface area contributed by atoms with E-state index >= 15 is 0 Å². The molecule has 1 aromatic rings. The monoisotopic (exact) mass is 327 g/mol. The van der Waals surface area contributed by atoms with Crippen molar-refractivity contribution in [3.05, 3.63) is 28.8 Å². The molecule has 0 radical (unpaired) electrons. The van der Waals surface area contributed by atoms with Crippen LogP contribution in [0.4, 0.5) is 0 Å². The average molecular weight is 328 g/mol. The van der Waals surface area contributed by atoms with Crippen LogP contribution in [-0.2, 0) is 6.42 Å². The summed E-state index contributed by atoms with van der Waals surface area (Å²) in [4.78, 5) is 0. The Labute approximate surface area is 121 Å².